The van der Waals surface area contributed by atoms with Crippen molar-refractivity contribution in [3.63, 3.8) is 0 Å². The van der Waals surface area contributed by atoms with E-state index in [1.54, 1.807) is 0 Å². The minimum absolute atomic E-state index is 0.0608. The average molecular weight is 470 g/mol. The fraction of sp³-hybridized carbons (Fsp3) is 0.765. The number of amides is 2. The van der Waals surface area contributed by atoms with E-state index in [-0.39, 0.29) is 42.7 Å². The van der Waals surface area contributed by atoms with Crippen molar-refractivity contribution >= 4 is 42.3 Å². The van der Waals surface area contributed by atoms with Crippen molar-refractivity contribution in [1.82, 2.24) is 10.6 Å². The zero-order valence-electron chi connectivity index (χ0n) is 17.4. The number of rotatable bonds is 15. The number of nitrogens with one attached hydrogen (secondary N) is 2. The number of ketones is 1. The lowest BCUT2D eigenvalue weighted by Crippen LogP contribution is -2.46. The Hall–Kier alpha value is -1.30. The van der Waals surface area contributed by atoms with Crippen LogP contribution in [-0.2, 0) is 28.3 Å². The van der Waals surface area contributed by atoms with Crippen molar-refractivity contribution < 1.29 is 43.2 Å². The normalized spacial score (nSPS) is 12.9. The smallest absolute Gasteiger partial charge is 0.383 e. The maximum Gasteiger partial charge on any atom is 0.469 e. The maximum absolute atomic E-state index is 12.0. The van der Waals surface area contributed by atoms with Gasteiger partial charge in [-0.3, -0.25) is 23.7 Å². The summed E-state index contributed by atoms with van der Waals surface area (Å²) in [5.74, 6) is -0.958. The van der Waals surface area contributed by atoms with E-state index in [9.17, 15) is 28.8 Å². The average Bonchev–Trinajstić information content (AvgIpc) is 2.62. The molecule has 1 atom stereocenters. The molecule has 0 fully saturated rings. The summed E-state index contributed by atoms with van der Waals surface area (Å²) in [6, 6.07) is 0. The molecule has 0 unspecified atom stereocenters. The summed E-state index contributed by atoms with van der Waals surface area (Å²) in [6.45, 7) is 4.26. The van der Waals surface area contributed by atoms with Gasteiger partial charge in [0, 0.05) is 37.1 Å². The number of thioether (sulfide) groups is 1. The summed E-state index contributed by atoms with van der Waals surface area (Å²) in [4.78, 5) is 64.0. The first-order valence-corrected chi connectivity index (χ1v) is 11.9. The molecule has 0 saturated heterocycles. The SMILES string of the molecule is CCCC(=O)CC(=O)SCCNC(=O)CCNC(=O)[C@@H](O)C(C)(C)COP(=O)(O)O. The van der Waals surface area contributed by atoms with E-state index in [0.29, 0.717) is 18.6 Å². The number of carbonyl (C=O) groups excluding carboxylic acids is 4. The molecule has 30 heavy (non-hydrogen) atoms. The molecule has 174 valence electrons. The molecule has 2 amide bonds. The van der Waals surface area contributed by atoms with Crippen molar-refractivity contribution in [1.29, 1.82) is 0 Å². The standard InChI is InChI=1S/C17H31N2O9PS/c1-4-5-12(20)10-14(22)30-9-8-18-13(21)6-7-19-16(24)15(23)17(2,3)11-28-29(25,26)27/h15,23H,4-11H2,1-3H3,(H,18,21)(H,19,24)(H2,25,26,27)/t15-/m1/s1. The second kappa shape index (κ2) is 13.9. The molecular formula is C17H31N2O9PS. The monoisotopic (exact) mass is 470 g/mol. The van der Waals surface area contributed by atoms with Gasteiger partial charge in [-0.1, -0.05) is 32.5 Å². The van der Waals surface area contributed by atoms with Gasteiger partial charge in [-0.2, -0.15) is 0 Å². The van der Waals surface area contributed by atoms with Crippen molar-refractivity contribution in [3.8, 4) is 0 Å². The summed E-state index contributed by atoms with van der Waals surface area (Å²) in [5.41, 5.74) is -1.27. The van der Waals surface area contributed by atoms with Crippen LogP contribution < -0.4 is 10.6 Å². The number of Topliss-reactive ketones (excluding diaryl/α,β-unsaturated/α-hetero) is 1. The predicted octanol–water partition coefficient (Wildman–Crippen LogP) is 0.124. The number of aliphatic hydroxyl groups excluding tert-OH is 1. The van der Waals surface area contributed by atoms with Gasteiger partial charge in [-0.15, -0.1) is 0 Å². The van der Waals surface area contributed by atoms with Gasteiger partial charge >= 0.3 is 7.82 Å². The Balaban J connectivity index is 4.07. The number of hydrogen-bond acceptors (Lipinski definition) is 8. The molecule has 0 heterocycles. The number of carbonyl (C=O) groups is 4. The molecule has 0 aromatic rings. The van der Waals surface area contributed by atoms with Crippen molar-refractivity contribution in [3.05, 3.63) is 0 Å². The zero-order chi connectivity index (χ0) is 23.4. The lowest BCUT2D eigenvalue weighted by molar-refractivity contribution is -0.137. The van der Waals surface area contributed by atoms with Gasteiger partial charge in [0.25, 0.3) is 0 Å². The lowest BCUT2D eigenvalue weighted by Gasteiger charge is -2.29. The molecule has 0 spiro atoms. The fourth-order valence-electron chi connectivity index (χ4n) is 2.10. The second-order valence-corrected chi connectivity index (χ2v) is 9.62. The van der Waals surface area contributed by atoms with Gasteiger partial charge < -0.3 is 25.5 Å². The Kier molecular flexibility index (Phi) is 13.3. The highest BCUT2D eigenvalue weighted by molar-refractivity contribution is 8.13. The predicted molar refractivity (Wildman–Crippen MR) is 110 cm³/mol. The van der Waals surface area contributed by atoms with E-state index in [1.165, 1.54) is 13.8 Å². The molecule has 0 aromatic heterocycles. The molecule has 11 nitrogen and oxygen atoms in total. The van der Waals surface area contributed by atoms with E-state index in [0.717, 1.165) is 11.8 Å². The first-order chi connectivity index (χ1) is 13.8. The number of phosphoric ester groups is 1. The van der Waals surface area contributed by atoms with E-state index in [1.807, 2.05) is 6.92 Å². The molecule has 0 aliphatic heterocycles. The summed E-state index contributed by atoms with van der Waals surface area (Å²) < 4.78 is 15.1. The van der Waals surface area contributed by atoms with Gasteiger partial charge in [0.1, 0.15) is 11.9 Å². The van der Waals surface area contributed by atoms with Crippen LogP contribution in [0.2, 0.25) is 0 Å². The molecule has 0 aliphatic rings. The van der Waals surface area contributed by atoms with E-state index in [4.69, 9.17) is 9.79 Å². The van der Waals surface area contributed by atoms with Crippen LogP contribution >= 0.6 is 19.6 Å². The van der Waals surface area contributed by atoms with Crippen LogP contribution in [0.25, 0.3) is 0 Å². The molecule has 0 aliphatic carbocycles. The summed E-state index contributed by atoms with van der Waals surface area (Å²) in [7, 11) is -4.73. The Morgan fingerprint density at radius 3 is 2.30 bits per heavy atom. The first-order valence-electron chi connectivity index (χ1n) is 9.38. The Bertz CT molecular complexity index is 651. The summed E-state index contributed by atoms with van der Waals surface area (Å²) in [6.07, 6.45) is -0.719. The van der Waals surface area contributed by atoms with Crippen LogP contribution in [0.3, 0.4) is 0 Å². The van der Waals surface area contributed by atoms with Crippen LogP contribution in [0.5, 0.6) is 0 Å². The Morgan fingerprint density at radius 2 is 1.73 bits per heavy atom. The highest BCUT2D eigenvalue weighted by Gasteiger charge is 2.35. The summed E-state index contributed by atoms with van der Waals surface area (Å²) in [5, 5.41) is 14.7. The third kappa shape index (κ3) is 13.8. The van der Waals surface area contributed by atoms with Crippen LogP contribution in [-0.4, -0.2) is 69.2 Å². The molecular weight excluding hydrogens is 439 g/mol. The van der Waals surface area contributed by atoms with Crippen LogP contribution in [0.4, 0.5) is 0 Å². The largest absolute Gasteiger partial charge is 0.469 e. The molecule has 0 radical (unpaired) electrons. The van der Waals surface area contributed by atoms with Crippen LogP contribution in [0, 0.1) is 5.41 Å². The highest BCUT2D eigenvalue weighted by Crippen LogP contribution is 2.38. The van der Waals surface area contributed by atoms with E-state index >= 15 is 0 Å². The molecule has 5 N–H and O–H groups in total. The van der Waals surface area contributed by atoms with Crippen molar-refractivity contribution in [2.45, 2.75) is 52.6 Å². The summed E-state index contributed by atoms with van der Waals surface area (Å²) >= 11 is 0.970. The van der Waals surface area contributed by atoms with Crippen LogP contribution in [0.1, 0.15) is 46.5 Å². The van der Waals surface area contributed by atoms with Crippen molar-refractivity contribution in [2.24, 2.45) is 5.41 Å². The zero-order valence-corrected chi connectivity index (χ0v) is 19.1. The van der Waals surface area contributed by atoms with E-state index in [2.05, 4.69) is 15.2 Å². The molecule has 0 saturated carbocycles. The third-order valence-corrected chi connectivity index (χ3v) is 5.14. The Labute approximate surface area is 179 Å². The topological polar surface area (TPSA) is 179 Å². The van der Waals surface area contributed by atoms with Gasteiger partial charge in [-0.25, -0.2) is 4.57 Å². The maximum atomic E-state index is 12.0. The number of aliphatic hydroxyl groups is 1. The number of phosphoric acid groups is 1. The highest BCUT2D eigenvalue weighted by atomic mass is 32.2. The minimum atomic E-state index is -4.73. The molecule has 13 heteroatoms. The van der Waals surface area contributed by atoms with Crippen molar-refractivity contribution in [2.75, 3.05) is 25.4 Å². The Morgan fingerprint density at radius 1 is 1.10 bits per heavy atom. The van der Waals surface area contributed by atoms with E-state index < -0.39 is 31.9 Å². The first kappa shape index (κ1) is 28.7. The second-order valence-electron chi connectivity index (χ2n) is 7.23. The number of hydrogen-bond donors (Lipinski definition) is 5. The van der Waals surface area contributed by atoms with Gasteiger partial charge in [-0.05, 0) is 6.42 Å². The molecule has 0 aromatic carbocycles. The fourth-order valence-corrected chi connectivity index (χ4v) is 3.30. The van der Waals surface area contributed by atoms with Gasteiger partial charge in [0.2, 0.25) is 11.8 Å². The lowest BCUT2D eigenvalue weighted by atomic mass is 9.87. The van der Waals surface area contributed by atoms with Crippen LogP contribution in [0.15, 0.2) is 0 Å². The quantitative estimate of drug-likeness (QED) is 0.125. The molecule has 0 bridgehead atoms. The third-order valence-electron chi connectivity index (χ3n) is 3.80. The molecule has 0 rings (SSSR count). The minimum Gasteiger partial charge on any atom is -0.383 e. The van der Waals surface area contributed by atoms with Gasteiger partial charge in [0.05, 0.1) is 13.0 Å². The van der Waals surface area contributed by atoms with Gasteiger partial charge in [0.15, 0.2) is 5.12 Å².